The van der Waals surface area contributed by atoms with Gasteiger partial charge in [0.1, 0.15) is 5.54 Å². The van der Waals surface area contributed by atoms with Crippen molar-refractivity contribution in [1.29, 1.82) is 0 Å². The average Bonchev–Trinajstić information content (AvgIpc) is 2.98. The largest absolute Gasteiger partial charge is 0.465 e. The van der Waals surface area contributed by atoms with E-state index >= 15 is 0 Å². The van der Waals surface area contributed by atoms with Gasteiger partial charge in [0.05, 0.1) is 18.4 Å². The quantitative estimate of drug-likeness (QED) is 0.665. The van der Waals surface area contributed by atoms with Crippen LogP contribution in [0.1, 0.15) is 31.0 Å². The predicted octanol–water partition coefficient (Wildman–Crippen LogP) is 1.19. The topological polar surface area (TPSA) is 75.7 Å². The van der Waals surface area contributed by atoms with Crippen LogP contribution in [-0.2, 0) is 19.1 Å². The van der Waals surface area contributed by atoms with E-state index in [0.717, 1.165) is 16.0 Å². The van der Waals surface area contributed by atoms with Gasteiger partial charge >= 0.3 is 5.97 Å². The van der Waals surface area contributed by atoms with Crippen LogP contribution in [0.3, 0.4) is 0 Å². The molecule has 0 aromatic heterocycles. The summed E-state index contributed by atoms with van der Waals surface area (Å²) in [5.74, 6) is -2.42. The number of carbonyl (C=O) groups excluding carboxylic acids is 3. The normalized spacial score (nSPS) is 32.2. The van der Waals surface area contributed by atoms with Gasteiger partial charge in [-0.3, -0.25) is 24.6 Å². The summed E-state index contributed by atoms with van der Waals surface area (Å²) in [6, 6.07) is 7.30. The van der Waals surface area contributed by atoms with Crippen molar-refractivity contribution in [2.75, 3.05) is 13.7 Å². The van der Waals surface area contributed by atoms with Gasteiger partial charge in [-0.1, -0.05) is 24.3 Å². The maximum Gasteiger partial charge on any atom is 0.326 e. The number of hydrogen-bond acceptors (Lipinski definition) is 5. The second-order valence-electron chi connectivity index (χ2n) is 6.64. The van der Waals surface area contributed by atoms with Crippen LogP contribution in [0.2, 0.25) is 0 Å². The highest BCUT2D eigenvalue weighted by Gasteiger charge is 2.66. The molecule has 2 amide bonds. The van der Waals surface area contributed by atoms with Crippen molar-refractivity contribution >= 4 is 17.8 Å². The first-order chi connectivity index (χ1) is 11.3. The zero-order chi connectivity index (χ0) is 17.6. The summed E-state index contributed by atoms with van der Waals surface area (Å²) in [4.78, 5) is 39.0. The molecule has 1 N–H and O–H groups in total. The van der Waals surface area contributed by atoms with Crippen LogP contribution in [-0.4, -0.2) is 41.9 Å². The third kappa shape index (κ3) is 2.17. The Bertz CT molecular complexity index is 717. The lowest BCUT2D eigenvalue weighted by molar-refractivity contribution is -0.155. The van der Waals surface area contributed by atoms with Gasteiger partial charge < -0.3 is 4.74 Å². The number of likely N-dealkylation sites (tertiary alicyclic amines) is 1. The van der Waals surface area contributed by atoms with Gasteiger partial charge in [0.15, 0.2) is 0 Å². The van der Waals surface area contributed by atoms with Crippen LogP contribution < -0.4 is 5.32 Å². The summed E-state index contributed by atoms with van der Waals surface area (Å²) in [6.45, 7) is 5.56. The molecule has 3 rings (SSSR count). The predicted molar refractivity (Wildman–Crippen MR) is 86.9 cm³/mol. The van der Waals surface area contributed by atoms with Crippen molar-refractivity contribution in [2.24, 2.45) is 11.8 Å². The van der Waals surface area contributed by atoms with Crippen molar-refractivity contribution < 1.29 is 19.1 Å². The highest BCUT2D eigenvalue weighted by molar-refractivity contribution is 6.09. The average molecular weight is 330 g/mol. The van der Waals surface area contributed by atoms with E-state index < -0.39 is 29.4 Å². The number of rotatable bonds is 3. The minimum absolute atomic E-state index is 0.223. The standard InChI is InChI=1S/C18H22N2O4/c1-5-24-17(23)18(3)13-12(15(21)20(4)16(13)22)14(19-18)11-9-7-6-8-10(11)2/h6-9,12-14,19H,5H2,1-4H3/t12-,13-,14-,18-/m0/s1. The van der Waals surface area contributed by atoms with Gasteiger partial charge in [-0.2, -0.15) is 0 Å². The van der Waals surface area contributed by atoms with E-state index in [0.29, 0.717) is 0 Å². The van der Waals surface area contributed by atoms with Crippen LogP contribution in [0.15, 0.2) is 24.3 Å². The van der Waals surface area contributed by atoms with Crippen LogP contribution in [0.5, 0.6) is 0 Å². The summed E-state index contributed by atoms with van der Waals surface area (Å²) in [5, 5.41) is 3.25. The minimum atomic E-state index is -1.22. The van der Waals surface area contributed by atoms with Crippen LogP contribution in [0.4, 0.5) is 0 Å². The van der Waals surface area contributed by atoms with E-state index in [9.17, 15) is 14.4 Å². The minimum Gasteiger partial charge on any atom is -0.465 e. The fraction of sp³-hybridized carbons (Fsp3) is 0.500. The number of nitrogens with zero attached hydrogens (tertiary/aromatic N) is 1. The maximum absolute atomic E-state index is 12.7. The summed E-state index contributed by atoms with van der Waals surface area (Å²) >= 11 is 0. The first-order valence-corrected chi connectivity index (χ1v) is 8.14. The van der Waals surface area contributed by atoms with Crippen LogP contribution in [0.25, 0.3) is 0 Å². The highest BCUT2D eigenvalue weighted by atomic mass is 16.5. The fourth-order valence-electron chi connectivity index (χ4n) is 3.95. The number of hydrogen-bond donors (Lipinski definition) is 1. The van der Waals surface area contributed by atoms with Gasteiger partial charge in [0.25, 0.3) is 0 Å². The maximum atomic E-state index is 12.7. The lowest BCUT2D eigenvalue weighted by Crippen LogP contribution is -2.53. The van der Waals surface area contributed by atoms with E-state index in [2.05, 4.69) is 5.32 Å². The van der Waals surface area contributed by atoms with E-state index in [1.54, 1.807) is 13.8 Å². The number of aryl methyl sites for hydroxylation is 1. The van der Waals surface area contributed by atoms with E-state index in [1.807, 2.05) is 31.2 Å². The van der Waals surface area contributed by atoms with Crippen LogP contribution >= 0.6 is 0 Å². The first kappa shape index (κ1) is 16.6. The molecule has 2 saturated heterocycles. The lowest BCUT2D eigenvalue weighted by atomic mass is 9.80. The Morgan fingerprint density at radius 3 is 2.58 bits per heavy atom. The molecule has 24 heavy (non-hydrogen) atoms. The smallest absolute Gasteiger partial charge is 0.326 e. The van der Waals surface area contributed by atoms with Crippen molar-refractivity contribution in [3.63, 3.8) is 0 Å². The number of esters is 1. The Balaban J connectivity index is 2.10. The molecule has 0 unspecified atom stereocenters. The Morgan fingerprint density at radius 2 is 1.96 bits per heavy atom. The Hall–Kier alpha value is -2.21. The van der Waals surface area contributed by atoms with Gasteiger partial charge in [0.2, 0.25) is 11.8 Å². The second kappa shape index (κ2) is 5.70. The Morgan fingerprint density at radius 1 is 1.29 bits per heavy atom. The lowest BCUT2D eigenvalue weighted by Gasteiger charge is -2.28. The molecule has 0 bridgehead atoms. The molecule has 4 atom stereocenters. The number of benzene rings is 1. The molecule has 2 heterocycles. The van der Waals surface area contributed by atoms with Crippen molar-refractivity contribution in [1.82, 2.24) is 10.2 Å². The molecule has 0 aliphatic carbocycles. The molecule has 2 aliphatic rings. The van der Waals surface area contributed by atoms with Gasteiger partial charge in [0, 0.05) is 13.1 Å². The number of carbonyl (C=O) groups is 3. The zero-order valence-corrected chi connectivity index (χ0v) is 14.3. The van der Waals surface area contributed by atoms with Gasteiger partial charge in [-0.15, -0.1) is 0 Å². The van der Waals surface area contributed by atoms with E-state index in [-0.39, 0.29) is 18.4 Å². The van der Waals surface area contributed by atoms with Crippen molar-refractivity contribution in [3.8, 4) is 0 Å². The molecular formula is C18H22N2O4. The third-order valence-corrected chi connectivity index (χ3v) is 5.23. The fourth-order valence-corrected chi connectivity index (χ4v) is 3.95. The molecule has 2 aliphatic heterocycles. The number of nitrogens with one attached hydrogen (secondary N) is 1. The number of fused-ring (bicyclic) bond motifs is 1. The first-order valence-electron chi connectivity index (χ1n) is 8.14. The van der Waals surface area contributed by atoms with Crippen LogP contribution in [0, 0.1) is 18.8 Å². The molecule has 128 valence electrons. The SMILES string of the molecule is CCOC(=O)[C@@]1(C)N[C@@H](c2ccccc2C)[C@H]2C(=O)N(C)C(=O)[C@H]21. The van der Waals surface area contributed by atoms with E-state index in [4.69, 9.17) is 4.74 Å². The Labute approximate surface area is 141 Å². The van der Waals surface area contributed by atoms with Gasteiger partial charge in [-0.25, -0.2) is 0 Å². The molecule has 6 nitrogen and oxygen atoms in total. The van der Waals surface area contributed by atoms with Crippen molar-refractivity contribution in [3.05, 3.63) is 35.4 Å². The second-order valence-corrected chi connectivity index (χ2v) is 6.64. The zero-order valence-electron chi connectivity index (χ0n) is 14.3. The number of ether oxygens (including phenoxy) is 1. The summed E-state index contributed by atoms with van der Waals surface area (Å²) in [7, 11) is 1.48. The molecule has 6 heteroatoms. The number of amides is 2. The highest BCUT2D eigenvalue weighted by Crippen LogP contribution is 2.49. The molecule has 0 radical (unpaired) electrons. The molecule has 1 aromatic carbocycles. The summed E-state index contributed by atoms with van der Waals surface area (Å²) in [5.41, 5.74) is 0.721. The summed E-state index contributed by atoms with van der Waals surface area (Å²) < 4.78 is 5.19. The molecule has 2 fully saturated rings. The molecular weight excluding hydrogens is 308 g/mol. The molecule has 0 saturated carbocycles. The van der Waals surface area contributed by atoms with Gasteiger partial charge in [-0.05, 0) is 31.9 Å². The van der Waals surface area contributed by atoms with E-state index in [1.165, 1.54) is 7.05 Å². The van der Waals surface area contributed by atoms with Crippen molar-refractivity contribution in [2.45, 2.75) is 32.4 Å². The monoisotopic (exact) mass is 330 g/mol. The third-order valence-electron chi connectivity index (χ3n) is 5.23. The molecule has 1 aromatic rings. The number of imide groups is 1. The molecule has 0 spiro atoms. The Kier molecular flexibility index (Phi) is 3.95. The summed E-state index contributed by atoms with van der Waals surface area (Å²) in [6.07, 6.45) is 0.